The van der Waals surface area contributed by atoms with Crippen molar-refractivity contribution >= 4 is 11.3 Å². The van der Waals surface area contributed by atoms with E-state index in [1.165, 1.54) is 10.4 Å². The van der Waals surface area contributed by atoms with Crippen molar-refractivity contribution in [1.29, 1.82) is 0 Å². The molecule has 0 saturated carbocycles. The molecule has 1 N–H and O–H groups in total. The maximum absolute atomic E-state index is 5.45. The van der Waals surface area contributed by atoms with Crippen LogP contribution in [0.1, 0.15) is 16.0 Å². The molecule has 4 heteroatoms. The van der Waals surface area contributed by atoms with E-state index in [1.54, 1.807) is 25.6 Å². The number of rotatable bonds is 8. The summed E-state index contributed by atoms with van der Waals surface area (Å²) in [5, 5.41) is 5.54. The third-order valence-corrected chi connectivity index (χ3v) is 4.06. The fraction of sp³-hybridized carbons (Fsp3) is 0.294. The van der Waals surface area contributed by atoms with Crippen LogP contribution in [0.25, 0.3) is 0 Å². The van der Waals surface area contributed by atoms with Crippen LogP contribution in [-0.4, -0.2) is 14.2 Å². The summed E-state index contributed by atoms with van der Waals surface area (Å²) < 4.78 is 10.9. The second-order valence-corrected chi connectivity index (χ2v) is 5.70. The maximum Gasteiger partial charge on any atom is 0.164 e. The molecule has 1 aromatic heterocycles. The van der Waals surface area contributed by atoms with Gasteiger partial charge in [0.05, 0.1) is 14.2 Å². The Bertz CT molecular complexity index is 579. The molecule has 0 radical (unpaired) electrons. The van der Waals surface area contributed by atoms with Gasteiger partial charge in [0.2, 0.25) is 0 Å². The first kappa shape index (κ1) is 15.6. The second kappa shape index (κ2) is 7.86. The van der Waals surface area contributed by atoms with Crippen LogP contribution in [-0.2, 0) is 19.5 Å². The zero-order valence-electron chi connectivity index (χ0n) is 12.5. The molecule has 0 aliphatic carbocycles. The molecule has 0 unspecified atom stereocenters. The first-order chi connectivity index (χ1) is 10.3. The number of ether oxygens (including phenoxy) is 2. The number of methoxy groups -OCH3 is 2. The lowest BCUT2D eigenvalue weighted by molar-refractivity contribution is 0.351. The molecule has 1 aromatic carbocycles. The quantitative estimate of drug-likeness (QED) is 0.753. The largest absolute Gasteiger partial charge is 0.493 e. The molecule has 2 rings (SSSR count). The third kappa shape index (κ3) is 4.09. The second-order valence-electron chi connectivity index (χ2n) is 4.67. The van der Waals surface area contributed by atoms with Gasteiger partial charge in [-0.05, 0) is 29.5 Å². The summed E-state index contributed by atoms with van der Waals surface area (Å²) in [6, 6.07) is 8.37. The smallest absolute Gasteiger partial charge is 0.164 e. The van der Waals surface area contributed by atoms with Gasteiger partial charge in [-0.2, -0.15) is 0 Å². The van der Waals surface area contributed by atoms with Crippen molar-refractivity contribution in [3.05, 3.63) is 58.3 Å². The summed E-state index contributed by atoms with van der Waals surface area (Å²) in [7, 11) is 3.33. The summed E-state index contributed by atoms with van der Waals surface area (Å²) in [5.41, 5.74) is 2.28. The lowest BCUT2D eigenvalue weighted by Crippen LogP contribution is -2.12. The summed E-state index contributed by atoms with van der Waals surface area (Å²) in [5.74, 6) is 1.56. The fourth-order valence-electron chi connectivity index (χ4n) is 2.26. The van der Waals surface area contributed by atoms with E-state index in [2.05, 4.69) is 35.5 Å². The van der Waals surface area contributed by atoms with Crippen molar-refractivity contribution in [3.63, 3.8) is 0 Å². The van der Waals surface area contributed by atoms with E-state index in [0.717, 1.165) is 36.6 Å². The van der Waals surface area contributed by atoms with Crippen LogP contribution >= 0.6 is 11.3 Å². The van der Waals surface area contributed by atoms with Gasteiger partial charge in [0.1, 0.15) is 0 Å². The van der Waals surface area contributed by atoms with Crippen LogP contribution in [0.3, 0.4) is 0 Å². The molecular weight excluding hydrogens is 282 g/mol. The van der Waals surface area contributed by atoms with Gasteiger partial charge in [0, 0.05) is 23.5 Å². The van der Waals surface area contributed by atoms with E-state index in [-0.39, 0.29) is 0 Å². The first-order valence-corrected chi connectivity index (χ1v) is 7.74. The highest BCUT2D eigenvalue weighted by molar-refractivity contribution is 7.09. The van der Waals surface area contributed by atoms with Gasteiger partial charge in [0.15, 0.2) is 11.5 Å². The Morgan fingerprint density at radius 1 is 1.24 bits per heavy atom. The molecule has 0 bridgehead atoms. The van der Waals surface area contributed by atoms with E-state index in [4.69, 9.17) is 9.47 Å². The number of hydrogen-bond acceptors (Lipinski definition) is 4. The van der Waals surface area contributed by atoms with Crippen LogP contribution in [0.5, 0.6) is 11.5 Å². The summed E-state index contributed by atoms with van der Waals surface area (Å²) >= 11 is 1.76. The molecule has 112 valence electrons. The summed E-state index contributed by atoms with van der Waals surface area (Å²) in [6.07, 6.45) is 2.64. The van der Waals surface area contributed by atoms with Gasteiger partial charge in [-0.3, -0.25) is 0 Å². The molecule has 3 nitrogen and oxygen atoms in total. The molecule has 1 heterocycles. The number of hydrogen-bond donors (Lipinski definition) is 1. The molecule has 0 atom stereocenters. The Morgan fingerprint density at radius 3 is 2.71 bits per heavy atom. The van der Waals surface area contributed by atoms with Crippen LogP contribution in [0.2, 0.25) is 0 Å². The van der Waals surface area contributed by atoms with Gasteiger partial charge >= 0.3 is 0 Å². The molecular formula is C17H21NO2S. The van der Waals surface area contributed by atoms with Crippen molar-refractivity contribution in [2.24, 2.45) is 0 Å². The van der Waals surface area contributed by atoms with Crippen LogP contribution < -0.4 is 14.8 Å². The molecule has 21 heavy (non-hydrogen) atoms. The van der Waals surface area contributed by atoms with Crippen LogP contribution in [0.4, 0.5) is 0 Å². The van der Waals surface area contributed by atoms with E-state index in [0.29, 0.717) is 0 Å². The number of nitrogens with one attached hydrogen (secondary N) is 1. The van der Waals surface area contributed by atoms with Gasteiger partial charge in [-0.1, -0.05) is 18.2 Å². The van der Waals surface area contributed by atoms with Crippen molar-refractivity contribution in [2.45, 2.75) is 19.5 Å². The zero-order chi connectivity index (χ0) is 15.1. The predicted octanol–water partition coefficient (Wildman–Crippen LogP) is 3.78. The highest BCUT2D eigenvalue weighted by Gasteiger charge is 2.11. The minimum atomic E-state index is 0.762. The van der Waals surface area contributed by atoms with Crippen molar-refractivity contribution in [2.75, 3.05) is 14.2 Å². The number of benzene rings is 1. The molecule has 0 spiro atoms. The minimum Gasteiger partial charge on any atom is -0.493 e. The van der Waals surface area contributed by atoms with Crippen molar-refractivity contribution in [3.8, 4) is 11.5 Å². The lowest BCUT2D eigenvalue weighted by atomic mass is 10.1. The van der Waals surface area contributed by atoms with Crippen LogP contribution in [0.15, 0.2) is 42.3 Å². The zero-order valence-corrected chi connectivity index (χ0v) is 13.3. The molecule has 0 aliphatic heterocycles. The number of thiophene rings is 1. The van der Waals surface area contributed by atoms with Crippen molar-refractivity contribution < 1.29 is 9.47 Å². The van der Waals surface area contributed by atoms with Gasteiger partial charge < -0.3 is 14.8 Å². The predicted molar refractivity (Wildman–Crippen MR) is 88.3 cm³/mol. The minimum absolute atomic E-state index is 0.762. The average Bonchev–Trinajstić information content (AvgIpc) is 3.00. The normalized spacial score (nSPS) is 10.4. The Labute approximate surface area is 130 Å². The van der Waals surface area contributed by atoms with Gasteiger partial charge in [-0.25, -0.2) is 0 Å². The highest BCUT2D eigenvalue weighted by atomic mass is 32.1. The topological polar surface area (TPSA) is 30.5 Å². The maximum atomic E-state index is 5.45. The molecule has 2 aromatic rings. The first-order valence-electron chi connectivity index (χ1n) is 6.86. The van der Waals surface area contributed by atoms with E-state index in [1.807, 2.05) is 12.1 Å². The van der Waals surface area contributed by atoms with Crippen LogP contribution in [0, 0.1) is 0 Å². The third-order valence-electron chi connectivity index (χ3n) is 3.19. The molecule has 0 fully saturated rings. The fourth-order valence-corrected chi connectivity index (χ4v) is 2.93. The highest BCUT2D eigenvalue weighted by Crippen LogP contribution is 2.33. The molecule has 0 aliphatic rings. The standard InChI is InChI=1S/C17H21NO2S/c1-4-6-14-9-13(10-16(19-2)17(14)20-3)11-18-12-15-7-5-8-21-15/h4-5,7-10,18H,1,6,11-12H2,2-3H3. The van der Waals surface area contributed by atoms with Gasteiger partial charge in [0.25, 0.3) is 0 Å². The lowest BCUT2D eigenvalue weighted by Gasteiger charge is -2.14. The van der Waals surface area contributed by atoms with E-state index in [9.17, 15) is 0 Å². The SMILES string of the molecule is C=CCc1cc(CNCc2cccs2)cc(OC)c1OC. The Hall–Kier alpha value is -1.78. The molecule has 0 amide bonds. The van der Waals surface area contributed by atoms with Gasteiger partial charge in [-0.15, -0.1) is 17.9 Å². The average molecular weight is 303 g/mol. The Balaban J connectivity index is 2.11. The Kier molecular flexibility index (Phi) is 5.84. The molecule has 0 saturated heterocycles. The Morgan fingerprint density at radius 2 is 2.10 bits per heavy atom. The summed E-state index contributed by atoms with van der Waals surface area (Å²) in [4.78, 5) is 1.33. The van der Waals surface area contributed by atoms with Crippen molar-refractivity contribution in [1.82, 2.24) is 5.32 Å². The number of allylic oxidation sites excluding steroid dienone is 1. The van der Waals surface area contributed by atoms with E-state index < -0.39 is 0 Å². The summed E-state index contributed by atoms with van der Waals surface area (Å²) in [6.45, 7) is 5.47. The monoisotopic (exact) mass is 303 g/mol. The van der Waals surface area contributed by atoms with E-state index >= 15 is 0 Å².